The molecule has 0 radical (unpaired) electrons. The Balaban J connectivity index is 1.06. The lowest BCUT2D eigenvalue weighted by Crippen LogP contribution is -2.59. The van der Waals surface area contributed by atoms with Gasteiger partial charge < -0.3 is 4.90 Å². The number of rotatable bonds is 8. The van der Waals surface area contributed by atoms with Crippen LogP contribution in [0.1, 0.15) is 72.8 Å². The van der Waals surface area contributed by atoms with Gasteiger partial charge in [-0.25, -0.2) is 14.3 Å². The molecular weight excluding hydrogens is 600 g/mol. The molecule has 2 aromatic carbocycles. The molecule has 7 nitrogen and oxygen atoms in total. The van der Waals surface area contributed by atoms with Crippen LogP contribution in [0.5, 0.6) is 0 Å². The number of benzene rings is 2. The second-order valence-electron chi connectivity index (χ2n) is 13.3. The van der Waals surface area contributed by atoms with Crippen molar-refractivity contribution in [3.05, 3.63) is 88.5 Å². The maximum Gasteiger partial charge on any atom is 0.257 e. The van der Waals surface area contributed by atoms with Crippen LogP contribution in [0.4, 0.5) is 0 Å². The number of aromatic nitrogens is 2. The van der Waals surface area contributed by atoms with Crippen molar-refractivity contribution in [3.8, 4) is 0 Å². The Labute approximate surface area is 278 Å². The third-order valence-corrected chi connectivity index (χ3v) is 11.7. The summed E-state index contributed by atoms with van der Waals surface area (Å²) in [6, 6.07) is 20.4. The summed E-state index contributed by atoms with van der Waals surface area (Å²) in [5, 5.41) is 0.801. The van der Waals surface area contributed by atoms with Crippen molar-refractivity contribution in [1.29, 1.82) is 0 Å². The van der Waals surface area contributed by atoms with E-state index in [2.05, 4.69) is 73.5 Å². The average Bonchev–Trinajstić information content (AvgIpc) is 3.05. The summed E-state index contributed by atoms with van der Waals surface area (Å²) in [5.74, 6) is 0.0833. The Morgan fingerprint density at radius 3 is 2.13 bits per heavy atom. The lowest BCUT2D eigenvalue weighted by atomic mass is 9.84. The number of hydrogen-bond donors (Lipinski definition) is 0. The molecule has 0 atom stereocenters. The molecule has 0 unspecified atom stereocenters. The second-order valence-corrected chi connectivity index (χ2v) is 14.9. The Morgan fingerprint density at radius 2 is 1.51 bits per heavy atom. The molecule has 240 valence electrons. The molecular formula is C36H47ClN6OS. The van der Waals surface area contributed by atoms with Crippen molar-refractivity contribution in [3.63, 3.8) is 0 Å². The number of aryl methyl sites for hydroxylation is 2. The smallest absolute Gasteiger partial charge is 0.257 e. The minimum absolute atomic E-state index is 0.0833. The molecule has 0 saturated carbocycles. The average molecular weight is 647 g/mol. The zero-order valence-electron chi connectivity index (χ0n) is 27.0. The van der Waals surface area contributed by atoms with E-state index in [9.17, 15) is 4.79 Å². The molecule has 6 rings (SSSR count). The summed E-state index contributed by atoms with van der Waals surface area (Å²) in [7, 11) is 0. The number of piperidine rings is 3. The maximum absolute atomic E-state index is 13.4. The predicted molar refractivity (Wildman–Crippen MR) is 184 cm³/mol. The summed E-state index contributed by atoms with van der Waals surface area (Å²) in [4.78, 5) is 30.8. The highest BCUT2D eigenvalue weighted by molar-refractivity contribution is 7.97. The summed E-state index contributed by atoms with van der Waals surface area (Å²) >= 11 is 8.09. The molecule has 45 heavy (non-hydrogen) atoms. The molecule has 0 spiro atoms. The van der Waals surface area contributed by atoms with Crippen LogP contribution in [-0.2, 0) is 6.54 Å². The quantitative estimate of drug-likeness (QED) is 0.247. The number of halogens is 1. The third-order valence-electron chi connectivity index (χ3n) is 10.4. The van der Waals surface area contributed by atoms with Crippen LogP contribution < -0.4 is 0 Å². The highest BCUT2D eigenvalue weighted by Crippen LogP contribution is 2.35. The summed E-state index contributed by atoms with van der Waals surface area (Å²) in [5.41, 5.74) is 3.76. The van der Waals surface area contributed by atoms with Crippen LogP contribution in [0, 0.1) is 13.8 Å². The van der Waals surface area contributed by atoms with Crippen molar-refractivity contribution < 1.29 is 4.79 Å². The molecule has 3 aliphatic heterocycles. The molecule has 0 bridgehead atoms. The van der Waals surface area contributed by atoms with Crippen LogP contribution in [0.2, 0.25) is 5.02 Å². The van der Waals surface area contributed by atoms with E-state index in [1.807, 2.05) is 42.8 Å². The van der Waals surface area contributed by atoms with Gasteiger partial charge in [0.1, 0.15) is 6.33 Å². The van der Waals surface area contributed by atoms with Gasteiger partial charge in [-0.1, -0.05) is 48.0 Å². The van der Waals surface area contributed by atoms with Crippen LogP contribution in [0.25, 0.3) is 0 Å². The lowest BCUT2D eigenvalue weighted by Gasteiger charge is -2.51. The van der Waals surface area contributed by atoms with E-state index in [4.69, 9.17) is 11.6 Å². The monoisotopic (exact) mass is 646 g/mol. The maximum atomic E-state index is 13.4. The van der Waals surface area contributed by atoms with Crippen LogP contribution in [-0.4, -0.2) is 91.8 Å². The van der Waals surface area contributed by atoms with Crippen molar-refractivity contribution >= 4 is 29.5 Å². The number of nitrogens with zero attached hydrogens (tertiary/aromatic N) is 6. The normalized spacial score (nSPS) is 20.5. The number of likely N-dealkylation sites (tertiary alicyclic amines) is 2. The SMILES string of the molecule is Cc1ncnc(C)c1C(=O)N1CCC(C)(N2CCC(N(Cc3ccccc3)C3CCN(Sc4cccc(Cl)c4)CC3)CC2)CC1. The van der Waals surface area contributed by atoms with Gasteiger partial charge >= 0.3 is 0 Å². The second kappa shape index (κ2) is 14.5. The topological polar surface area (TPSA) is 55.8 Å². The lowest BCUT2D eigenvalue weighted by molar-refractivity contribution is -0.0116. The van der Waals surface area contributed by atoms with Crippen LogP contribution >= 0.6 is 23.5 Å². The summed E-state index contributed by atoms with van der Waals surface area (Å²) in [6.07, 6.45) is 8.33. The first-order valence-corrected chi connectivity index (χ1v) is 17.7. The fraction of sp³-hybridized carbons (Fsp3) is 0.528. The van der Waals surface area contributed by atoms with Gasteiger partial charge in [0.25, 0.3) is 5.91 Å². The molecule has 0 aliphatic carbocycles. The molecule has 3 aliphatic rings. The third kappa shape index (κ3) is 7.74. The first-order chi connectivity index (χ1) is 21.8. The van der Waals surface area contributed by atoms with Gasteiger partial charge in [-0.3, -0.25) is 14.6 Å². The van der Waals surface area contributed by atoms with Gasteiger partial charge in [-0.2, -0.15) is 0 Å². The van der Waals surface area contributed by atoms with Crippen molar-refractivity contribution in [2.24, 2.45) is 0 Å². The van der Waals surface area contributed by atoms with E-state index in [0.717, 1.165) is 75.1 Å². The van der Waals surface area contributed by atoms with E-state index in [0.29, 0.717) is 17.6 Å². The van der Waals surface area contributed by atoms with Crippen LogP contribution in [0.3, 0.4) is 0 Å². The van der Waals surface area contributed by atoms with Crippen LogP contribution in [0.15, 0.2) is 65.8 Å². The fourth-order valence-electron chi connectivity index (χ4n) is 7.59. The van der Waals surface area contributed by atoms with E-state index >= 15 is 0 Å². The van der Waals surface area contributed by atoms with Crippen molar-refractivity contribution in [2.75, 3.05) is 39.3 Å². The molecule has 1 aromatic heterocycles. The van der Waals surface area contributed by atoms with Gasteiger partial charge in [-0.05, 0) is 95.0 Å². The number of carbonyl (C=O) groups is 1. The van der Waals surface area contributed by atoms with Gasteiger partial charge in [0, 0.05) is 73.4 Å². The number of carbonyl (C=O) groups excluding carboxylic acids is 1. The van der Waals surface area contributed by atoms with Gasteiger partial charge in [0.15, 0.2) is 0 Å². The Bertz CT molecular complexity index is 1410. The minimum Gasteiger partial charge on any atom is -0.338 e. The van der Waals surface area contributed by atoms with Gasteiger partial charge in [0.05, 0.1) is 17.0 Å². The fourth-order valence-corrected chi connectivity index (χ4v) is 8.86. The molecule has 3 saturated heterocycles. The Hall–Kier alpha value is -2.49. The zero-order chi connectivity index (χ0) is 31.4. The Morgan fingerprint density at radius 1 is 0.889 bits per heavy atom. The van der Waals surface area contributed by atoms with E-state index in [-0.39, 0.29) is 11.4 Å². The number of hydrogen-bond acceptors (Lipinski definition) is 7. The van der Waals surface area contributed by atoms with E-state index < -0.39 is 0 Å². The highest BCUT2D eigenvalue weighted by atomic mass is 35.5. The first-order valence-electron chi connectivity index (χ1n) is 16.6. The van der Waals surface area contributed by atoms with Crippen molar-refractivity contribution in [1.82, 2.24) is 29.0 Å². The van der Waals surface area contributed by atoms with E-state index in [1.165, 1.54) is 36.1 Å². The molecule has 1 amide bonds. The number of amides is 1. The van der Waals surface area contributed by atoms with E-state index in [1.54, 1.807) is 6.33 Å². The molecule has 0 N–H and O–H groups in total. The standard InChI is InChI=1S/C36H47ClN6OS/c1-27-34(28(2)39-26-38-27)35(44)40-22-16-36(3,17-23-40)41-18-12-31(13-19-41)43(25-29-8-5-4-6-9-29)32-14-20-42(21-15-32)45-33-11-7-10-30(37)24-33/h4-11,24,26,31-32H,12-23,25H2,1-3H3. The highest BCUT2D eigenvalue weighted by Gasteiger charge is 2.40. The zero-order valence-corrected chi connectivity index (χ0v) is 28.6. The molecule has 3 fully saturated rings. The molecule has 9 heteroatoms. The van der Waals surface area contributed by atoms with Gasteiger partial charge in [-0.15, -0.1) is 0 Å². The summed E-state index contributed by atoms with van der Waals surface area (Å²) in [6.45, 7) is 13.3. The Kier molecular flexibility index (Phi) is 10.5. The largest absolute Gasteiger partial charge is 0.338 e. The molecule has 4 heterocycles. The summed E-state index contributed by atoms with van der Waals surface area (Å²) < 4.78 is 2.51. The first kappa shape index (κ1) is 32.5. The minimum atomic E-state index is 0.0833. The van der Waals surface area contributed by atoms with Crippen molar-refractivity contribution in [2.45, 2.75) is 88.4 Å². The predicted octanol–water partition coefficient (Wildman–Crippen LogP) is 6.88. The van der Waals surface area contributed by atoms with Gasteiger partial charge in [0.2, 0.25) is 0 Å². The molecule has 3 aromatic rings.